The Morgan fingerprint density at radius 1 is 0.629 bits per heavy atom. The van der Waals surface area contributed by atoms with E-state index < -0.39 is 12.3 Å². The number of nitrogens with one attached hydrogen (secondary N) is 2. The highest BCUT2D eigenvalue weighted by atomic mass is 19.1. The molecule has 4 aliphatic heterocycles. The van der Waals surface area contributed by atoms with Crippen molar-refractivity contribution in [1.29, 1.82) is 0 Å². The van der Waals surface area contributed by atoms with Crippen molar-refractivity contribution in [2.24, 2.45) is 0 Å². The molecule has 2 aliphatic carbocycles. The summed E-state index contributed by atoms with van der Waals surface area (Å²) in [6, 6.07) is 7.44. The first-order valence-corrected chi connectivity index (χ1v) is 22.3. The van der Waals surface area contributed by atoms with Gasteiger partial charge in [0.05, 0.1) is 62.3 Å². The quantitative estimate of drug-likeness (QED) is 0.181. The van der Waals surface area contributed by atoms with Gasteiger partial charge in [-0.15, -0.1) is 0 Å². The van der Waals surface area contributed by atoms with Crippen LogP contribution >= 0.6 is 0 Å². The number of fused-ring (bicyclic) bond motifs is 2. The predicted octanol–water partition coefficient (Wildman–Crippen LogP) is 7.74. The summed E-state index contributed by atoms with van der Waals surface area (Å²) in [6.07, 6.45) is 15.0. The van der Waals surface area contributed by atoms with Crippen molar-refractivity contribution in [2.45, 2.75) is 127 Å². The third kappa shape index (κ3) is 7.99. The minimum Gasteiger partial charge on any atom is -0.489 e. The second-order valence-electron chi connectivity index (χ2n) is 17.6. The standard InChI is InChI=1S/2C23H29FN4O3/c2*1-14-6-7-18-20(28(14)23(29)30-2)9-8-17(22(18)31-16-4-3-5-16)15-10-26-27(13-15)21-12-25-11-19(21)24/h2*8-10,13-14,16,19,21,25H,3-7,11-12H2,1-2H3/t14-,19+,21-;14-,19-,21+/m00/s1. The summed E-state index contributed by atoms with van der Waals surface area (Å²) in [5.74, 6) is 1.65. The molecule has 2 saturated carbocycles. The maximum absolute atomic E-state index is 14.2. The van der Waals surface area contributed by atoms with E-state index in [1.165, 1.54) is 27.1 Å². The highest BCUT2D eigenvalue weighted by molar-refractivity contribution is 5.93. The average Bonchev–Trinajstić information content (AvgIpc) is 4.08. The third-order valence-electron chi connectivity index (χ3n) is 13.6. The molecule has 16 heteroatoms. The molecule has 6 atom stereocenters. The molecule has 62 heavy (non-hydrogen) atoms. The number of carbonyl (C=O) groups is 2. The van der Waals surface area contributed by atoms with Crippen LogP contribution in [-0.2, 0) is 22.3 Å². The normalized spacial score (nSPS) is 25.8. The molecule has 6 heterocycles. The molecule has 0 bridgehead atoms. The summed E-state index contributed by atoms with van der Waals surface area (Å²) in [7, 11) is 2.82. The van der Waals surface area contributed by atoms with Gasteiger partial charge in [0.2, 0.25) is 0 Å². The highest BCUT2D eigenvalue weighted by Gasteiger charge is 2.37. The van der Waals surface area contributed by atoms with E-state index in [0.29, 0.717) is 26.2 Å². The predicted molar refractivity (Wildman–Crippen MR) is 231 cm³/mol. The van der Waals surface area contributed by atoms with Crippen molar-refractivity contribution in [3.8, 4) is 33.8 Å². The number of aromatic nitrogens is 4. The van der Waals surface area contributed by atoms with Gasteiger partial charge in [0.1, 0.15) is 23.8 Å². The van der Waals surface area contributed by atoms with Gasteiger partial charge in [0.15, 0.2) is 0 Å². The van der Waals surface area contributed by atoms with Gasteiger partial charge in [-0.25, -0.2) is 18.4 Å². The first-order valence-electron chi connectivity index (χ1n) is 22.3. The van der Waals surface area contributed by atoms with Crippen molar-refractivity contribution in [2.75, 3.05) is 50.2 Å². The summed E-state index contributed by atoms with van der Waals surface area (Å²) < 4.78 is 54.9. The minimum atomic E-state index is -0.947. The van der Waals surface area contributed by atoms with Crippen LogP contribution in [0.1, 0.15) is 88.4 Å². The number of anilines is 2. The molecule has 2 amide bonds. The number of benzene rings is 2. The van der Waals surface area contributed by atoms with Crippen LogP contribution in [0.3, 0.4) is 0 Å². The number of amides is 2. The van der Waals surface area contributed by atoms with Crippen LogP contribution in [0.5, 0.6) is 11.5 Å². The Kier molecular flexibility index (Phi) is 12.1. The number of alkyl halides is 2. The highest BCUT2D eigenvalue weighted by Crippen LogP contribution is 2.47. The lowest BCUT2D eigenvalue weighted by molar-refractivity contribution is 0.119. The average molecular weight is 857 g/mol. The van der Waals surface area contributed by atoms with Crippen molar-refractivity contribution in [3.63, 3.8) is 0 Å². The number of halogens is 2. The van der Waals surface area contributed by atoms with Gasteiger partial charge < -0.3 is 29.6 Å². The molecule has 0 radical (unpaired) electrons. The molecule has 6 aliphatic rings. The Hall–Kier alpha value is -5.22. The molecule has 332 valence electrons. The van der Waals surface area contributed by atoms with Crippen LogP contribution in [0.25, 0.3) is 22.3 Å². The van der Waals surface area contributed by atoms with Crippen LogP contribution in [0.2, 0.25) is 0 Å². The van der Waals surface area contributed by atoms with E-state index in [4.69, 9.17) is 18.9 Å². The minimum absolute atomic E-state index is 0.0569. The van der Waals surface area contributed by atoms with Crippen molar-refractivity contribution < 1.29 is 37.3 Å². The second-order valence-corrected chi connectivity index (χ2v) is 17.6. The molecule has 10 rings (SSSR count). The van der Waals surface area contributed by atoms with Crippen molar-refractivity contribution in [3.05, 3.63) is 60.2 Å². The first kappa shape index (κ1) is 42.1. The van der Waals surface area contributed by atoms with E-state index in [2.05, 4.69) is 20.8 Å². The summed E-state index contributed by atoms with van der Waals surface area (Å²) >= 11 is 0. The fourth-order valence-corrected chi connectivity index (χ4v) is 9.50. The number of ether oxygens (including phenoxy) is 4. The molecule has 2 aromatic carbocycles. The smallest absolute Gasteiger partial charge is 0.414 e. The Morgan fingerprint density at radius 3 is 1.39 bits per heavy atom. The second kappa shape index (κ2) is 17.9. The Bertz CT molecular complexity index is 2100. The topological polar surface area (TPSA) is 137 Å². The fourth-order valence-electron chi connectivity index (χ4n) is 9.50. The summed E-state index contributed by atoms with van der Waals surface area (Å²) in [5.41, 5.74) is 7.45. The number of nitrogens with zero attached hydrogens (tertiary/aromatic N) is 6. The molecular weight excluding hydrogens is 799 g/mol. The zero-order valence-corrected chi connectivity index (χ0v) is 36.0. The van der Waals surface area contributed by atoms with Gasteiger partial charge in [-0.05, 0) is 102 Å². The third-order valence-corrected chi connectivity index (χ3v) is 13.6. The first-order chi connectivity index (χ1) is 30.1. The zero-order valence-electron chi connectivity index (χ0n) is 36.0. The SMILES string of the molecule is COC(=O)N1c2ccc(-c3cnn([C@@H]4CNC[C@@H]4F)c3)c(OC3CCC3)c2CC[C@@H]1C.COC(=O)N1c2ccc(-c3cnn([C@H]4CNC[C@H]4F)c3)c(OC3CCC3)c2CC[C@@H]1C. The maximum Gasteiger partial charge on any atom is 0.414 e. The molecule has 0 unspecified atom stereocenters. The van der Waals surface area contributed by atoms with Gasteiger partial charge in [0.25, 0.3) is 0 Å². The van der Waals surface area contributed by atoms with Crippen LogP contribution < -0.4 is 29.9 Å². The van der Waals surface area contributed by atoms with Gasteiger partial charge in [0, 0.05) is 84.0 Å². The Balaban J connectivity index is 0.000000158. The molecule has 2 N–H and O–H groups in total. The lowest BCUT2D eigenvalue weighted by atomic mass is 9.91. The number of hydrogen-bond donors (Lipinski definition) is 2. The lowest BCUT2D eigenvalue weighted by Gasteiger charge is -2.37. The fraction of sp³-hybridized carbons (Fsp3) is 0.565. The van der Waals surface area contributed by atoms with Gasteiger partial charge >= 0.3 is 12.2 Å². The van der Waals surface area contributed by atoms with E-state index in [1.54, 1.807) is 31.6 Å². The molecule has 2 saturated heterocycles. The monoisotopic (exact) mass is 856 g/mol. The Morgan fingerprint density at radius 2 is 1.05 bits per heavy atom. The lowest BCUT2D eigenvalue weighted by Crippen LogP contribution is -2.42. The van der Waals surface area contributed by atoms with E-state index >= 15 is 0 Å². The van der Waals surface area contributed by atoms with Gasteiger partial charge in [-0.2, -0.15) is 10.2 Å². The molecule has 4 aromatic rings. The Labute approximate surface area is 361 Å². The number of methoxy groups -OCH3 is 2. The molecule has 4 fully saturated rings. The van der Waals surface area contributed by atoms with Gasteiger partial charge in [-0.1, -0.05) is 0 Å². The van der Waals surface area contributed by atoms with Crippen molar-refractivity contribution >= 4 is 23.6 Å². The number of rotatable bonds is 8. The van der Waals surface area contributed by atoms with Crippen LogP contribution in [0.4, 0.5) is 29.7 Å². The summed E-state index contributed by atoms with van der Waals surface area (Å²) in [5, 5.41) is 15.1. The van der Waals surface area contributed by atoms with Crippen LogP contribution in [0, 0.1) is 0 Å². The number of carbonyl (C=O) groups excluding carboxylic acids is 2. The van der Waals surface area contributed by atoms with Gasteiger partial charge in [-0.3, -0.25) is 19.2 Å². The summed E-state index contributed by atoms with van der Waals surface area (Å²) in [6.45, 7) is 5.93. The molecular formula is C46H58F2N8O6. The molecule has 0 spiro atoms. The maximum atomic E-state index is 14.2. The zero-order chi connectivity index (χ0) is 43.1. The number of hydrogen-bond acceptors (Lipinski definition) is 10. The van der Waals surface area contributed by atoms with E-state index in [1.807, 2.05) is 50.5 Å². The largest absolute Gasteiger partial charge is 0.489 e. The van der Waals surface area contributed by atoms with Crippen LogP contribution in [-0.4, -0.2) is 109 Å². The van der Waals surface area contributed by atoms with Crippen molar-refractivity contribution in [1.82, 2.24) is 30.2 Å². The summed E-state index contributed by atoms with van der Waals surface area (Å²) in [4.78, 5) is 28.4. The molecule has 14 nitrogen and oxygen atoms in total. The van der Waals surface area contributed by atoms with E-state index in [9.17, 15) is 18.4 Å². The van der Waals surface area contributed by atoms with Crippen LogP contribution in [0.15, 0.2) is 49.1 Å². The van der Waals surface area contributed by atoms with E-state index in [0.717, 1.165) is 108 Å². The van der Waals surface area contributed by atoms with E-state index in [-0.39, 0.29) is 48.6 Å². The molecule has 2 aromatic heterocycles.